The number of hydrogen-bond acceptors (Lipinski definition) is 4. The number of hydrogen-bond donors (Lipinski definition) is 2. The molecule has 2 rings (SSSR count). The van der Waals surface area contributed by atoms with Crippen LogP contribution in [-0.4, -0.2) is 68.5 Å². The Morgan fingerprint density at radius 2 is 2.07 bits per heavy atom. The topological polar surface area (TPSA) is 73.1 Å². The van der Waals surface area contributed by atoms with Crippen molar-refractivity contribution in [3.05, 3.63) is 24.2 Å². The van der Waals surface area contributed by atoms with Crippen LogP contribution in [0.15, 0.2) is 27.8 Å². The van der Waals surface area contributed by atoms with E-state index >= 15 is 0 Å². The highest BCUT2D eigenvalue weighted by molar-refractivity contribution is 14.0. The Morgan fingerprint density at radius 3 is 2.67 bits per heavy atom. The van der Waals surface area contributed by atoms with E-state index in [1.54, 1.807) is 25.3 Å². The van der Waals surface area contributed by atoms with Crippen molar-refractivity contribution in [2.24, 2.45) is 4.99 Å². The molecule has 154 valence electrons. The zero-order valence-electron chi connectivity index (χ0n) is 16.7. The van der Waals surface area contributed by atoms with Gasteiger partial charge in [0, 0.05) is 27.2 Å². The molecule has 27 heavy (non-hydrogen) atoms. The standard InChI is InChI=1S/C19H33N5O2.HI/c1-4-5-10-20-19(22-15-18(25)23(2)3)21-14-16(17-9-8-13-26-17)24-11-6-7-12-24;/h8-9,13,16H,4-7,10-12,14-15H2,1-3H3,(H2,20,21,22);1H. The fourth-order valence-electron chi connectivity index (χ4n) is 2.98. The summed E-state index contributed by atoms with van der Waals surface area (Å²) in [5.74, 6) is 1.64. The van der Waals surface area contributed by atoms with Crippen LogP contribution in [0.1, 0.15) is 44.4 Å². The maximum atomic E-state index is 11.9. The van der Waals surface area contributed by atoms with E-state index in [2.05, 4.69) is 27.4 Å². The molecule has 0 radical (unpaired) electrons. The van der Waals surface area contributed by atoms with Gasteiger partial charge in [-0.1, -0.05) is 13.3 Å². The molecule has 1 aromatic rings. The molecule has 1 saturated heterocycles. The molecule has 2 N–H and O–H groups in total. The summed E-state index contributed by atoms with van der Waals surface area (Å²) in [5, 5.41) is 6.73. The Labute approximate surface area is 180 Å². The second-order valence-corrected chi connectivity index (χ2v) is 6.89. The van der Waals surface area contributed by atoms with Crippen molar-refractivity contribution in [3.63, 3.8) is 0 Å². The summed E-state index contributed by atoms with van der Waals surface area (Å²) in [6.07, 6.45) is 6.35. The van der Waals surface area contributed by atoms with E-state index in [4.69, 9.17) is 4.42 Å². The van der Waals surface area contributed by atoms with Crippen molar-refractivity contribution in [3.8, 4) is 0 Å². The van der Waals surface area contributed by atoms with Gasteiger partial charge in [0.1, 0.15) is 12.3 Å². The number of likely N-dealkylation sites (tertiary alicyclic amines) is 1. The molecule has 0 bridgehead atoms. The Morgan fingerprint density at radius 1 is 1.33 bits per heavy atom. The van der Waals surface area contributed by atoms with Gasteiger partial charge in [-0.2, -0.15) is 0 Å². The third-order valence-corrected chi connectivity index (χ3v) is 4.61. The minimum absolute atomic E-state index is 0. The van der Waals surface area contributed by atoms with Crippen molar-refractivity contribution in [1.82, 2.24) is 20.4 Å². The van der Waals surface area contributed by atoms with Crippen LogP contribution in [0.2, 0.25) is 0 Å². The third kappa shape index (κ3) is 8.08. The average molecular weight is 491 g/mol. The SMILES string of the molecule is CCCCNC(=NCC(=O)N(C)C)NCC(c1ccco1)N1CCCC1.I. The van der Waals surface area contributed by atoms with E-state index in [1.165, 1.54) is 12.8 Å². The lowest BCUT2D eigenvalue weighted by Crippen LogP contribution is -2.43. The molecule has 1 unspecified atom stereocenters. The fourth-order valence-corrected chi connectivity index (χ4v) is 2.98. The Bertz CT molecular complexity index is 556. The maximum absolute atomic E-state index is 11.9. The number of unbranched alkanes of at least 4 members (excludes halogenated alkanes) is 1. The second-order valence-electron chi connectivity index (χ2n) is 6.89. The maximum Gasteiger partial charge on any atom is 0.243 e. The van der Waals surface area contributed by atoms with Crippen LogP contribution in [0.4, 0.5) is 0 Å². The first kappa shape index (κ1) is 23.7. The van der Waals surface area contributed by atoms with Gasteiger partial charge in [0.15, 0.2) is 5.96 Å². The van der Waals surface area contributed by atoms with E-state index < -0.39 is 0 Å². The summed E-state index contributed by atoms with van der Waals surface area (Å²) in [5.41, 5.74) is 0. The molecule has 1 aliphatic heterocycles. The minimum atomic E-state index is -0.0104. The summed E-state index contributed by atoms with van der Waals surface area (Å²) in [6.45, 7) is 6.00. The molecular formula is C19H34IN5O2. The number of rotatable bonds is 9. The lowest BCUT2D eigenvalue weighted by atomic mass is 10.2. The largest absolute Gasteiger partial charge is 0.468 e. The molecule has 0 saturated carbocycles. The van der Waals surface area contributed by atoms with Gasteiger partial charge >= 0.3 is 0 Å². The summed E-state index contributed by atoms with van der Waals surface area (Å²) in [7, 11) is 3.49. The van der Waals surface area contributed by atoms with E-state index in [0.717, 1.165) is 38.2 Å². The van der Waals surface area contributed by atoms with Gasteiger partial charge in [0.25, 0.3) is 0 Å². The molecular weight excluding hydrogens is 457 g/mol. The van der Waals surface area contributed by atoms with E-state index in [1.807, 2.05) is 12.1 Å². The molecule has 1 aromatic heterocycles. The van der Waals surface area contributed by atoms with Gasteiger partial charge in [-0.25, -0.2) is 4.99 Å². The van der Waals surface area contributed by atoms with Gasteiger partial charge < -0.3 is 20.0 Å². The first-order valence-corrected chi connectivity index (χ1v) is 9.61. The molecule has 0 spiro atoms. The first-order valence-electron chi connectivity index (χ1n) is 9.61. The highest BCUT2D eigenvalue weighted by Crippen LogP contribution is 2.24. The number of amides is 1. The van der Waals surface area contributed by atoms with Crippen molar-refractivity contribution in [1.29, 1.82) is 0 Å². The number of aliphatic imine (C=N–C) groups is 1. The summed E-state index contributed by atoms with van der Waals surface area (Å²) < 4.78 is 5.67. The molecule has 1 amide bonds. The van der Waals surface area contributed by atoms with Gasteiger partial charge in [0.2, 0.25) is 5.91 Å². The molecule has 1 fully saturated rings. The van der Waals surface area contributed by atoms with Gasteiger partial charge in [-0.15, -0.1) is 24.0 Å². The Balaban J connectivity index is 0.00000364. The smallest absolute Gasteiger partial charge is 0.243 e. The van der Waals surface area contributed by atoms with Gasteiger partial charge in [-0.3, -0.25) is 9.69 Å². The van der Waals surface area contributed by atoms with Crippen molar-refractivity contribution in [2.75, 3.05) is 46.8 Å². The molecule has 0 aliphatic carbocycles. The molecule has 1 atom stereocenters. The minimum Gasteiger partial charge on any atom is -0.468 e. The van der Waals surface area contributed by atoms with Crippen LogP contribution in [0.3, 0.4) is 0 Å². The molecule has 7 nitrogen and oxygen atoms in total. The fraction of sp³-hybridized carbons (Fsp3) is 0.684. The number of carbonyl (C=O) groups is 1. The lowest BCUT2D eigenvalue weighted by molar-refractivity contribution is -0.127. The second kappa shape index (κ2) is 13.0. The Hall–Kier alpha value is -1.29. The quantitative estimate of drug-likeness (QED) is 0.240. The van der Waals surface area contributed by atoms with E-state index in [9.17, 15) is 4.79 Å². The number of guanidine groups is 1. The lowest BCUT2D eigenvalue weighted by Gasteiger charge is -2.26. The number of carbonyl (C=O) groups excluding carboxylic acids is 1. The third-order valence-electron chi connectivity index (χ3n) is 4.61. The van der Waals surface area contributed by atoms with Crippen LogP contribution in [0, 0.1) is 0 Å². The zero-order valence-corrected chi connectivity index (χ0v) is 19.1. The van der Waals surface area contributed by atoms with Crippen molar-refractivity contribution >= 4 is 35.8 Å². The van der Waals surface area contributed by atoms with Crippen LogP contribution in [0.25, 0.3) is 0 Å². The molecule has 0 aromatic carbocycles. The number of nitrogens with zero attached hydrogens (tertiary/aromatic N) is 3. The van der Waals surface area contributed by atoms with Crippen LogP contribution < -0.4 is 10.6 Å². The summed E-state index contributed by atoms with van der Waals surface area (Å²) in [6, 6.07) is 4.14. The predicted molar refractivity (Wildman–Crippen MR) is 120 cm³/mol. The monoisotopic (exact) mass is 491 g/mol. The molecule has 1 aliphatic rings. The highest BCUT2D eigenvalue weighted by Gasteiger charge is 2.25. The predicted octanol–water partition coefficient (Wildman–Crippen LogP) is 2.46. The van der Waals surface area contributed by atoms with Crippen molar-refractivity contribution < 1.29 is 9.21 Å². The number of halogens is 1. The Kier molecular flexibility index (Phi) is 11.4. The first-order chi connectivity index (χ1) is 12.6. The zero-order chi connectivity index (χ0) is 18.8. The highest BCUT2D eigenvalue weighted by atomic mass is 127. The van der Waals surface area contributed by atoms with Gasteiger partial charge in [-0.05, 0) is 44.5 Å². The number of nitrogens with one attached hydrogen (secondary N) is 2. The van der Waals surface area contributed by atoms with Crippen LogP contribution in [0.5, 0.6) is 0 Å². The van der Waals surface area contributed by atoms with Crippen LogP contribution >= 0.6 is 24.0 Å². The van der Waals surface area contributed by atoms with E-state index in [-0.39, 0.29) is 42.5 Å². The number of likely N-dealkylation sites (N-methyl/N-ethyl adjacent to an activating group) is 1. The van der Waals surface area contributed by atoms with E-state index in [0.29, 0.717) is 12.5 Å². The normalized spacial score (nSPS) is 15.9. The average Bonchev–Trinajstić information content (AvgIpc) is 3.33. The summed E-state index contributed by atoms with van der Waals surface area (Å²) >= 11 is 0. The molecule has 8 heteroatoms. The van der Waals surface area contributed by atoms with Crippen LogP contribution in [-0.2, 0) is 4.79 Å². The summed E-state index contributed by atoms with van der Waals surface area (Å²) in [4.78, 5) is 20.3. The van der Waals surface area contributed by atoms with Gasteiger partial charge in [0.05, 0.1) is 12.3 Å². The molecule has 2 heterocycles. The number of furan rings is 1. The van der Waals surface area contributed by atoms with Crippen molar-refractivity contribution in [2.45, 2.75) is 38.6 Å².